The van der Waals surface area contributed by atoms with Gasteiger partial charge in [0, 0.05) is 13.1 Å². The van der Waals surface area contributed by atoms with Gasteiger partial charge in [-0.05, 0) is 41.9 Å². The van der Waals surface area contributed by atoms with E-state index in [0.29, 0.717) is 24.6 Å². The van der Waals surface area contributed by atoms with E-state index in [1.54, 1.807) is 17.9 Å². The van der Waals surface area contributed by atoms with Crippen LogP contribution in [-0.2, 0) is 9.53 Å². The fourth-order valence-corrected chi connectivity index (χ4v) is 3.35. The molecule has 1 N–H and O–H groups in total. The number of hydrogen-bond donors (Lipinski definition) is 1. The van der Waals surface area contributed by atoms with Crippen LogP contribution < -0.4 is 5.32 Å². The highest BCUT2D eigenvalue weighted by molar-refractivity contribution is 9.11. The van der Waals surface area contributed by atoms with Crippen LogP contribution in [0, 0.1) is 0 Å². The molecule has 2 amide bonds. The van der Waals surface area contributed by atoms with E-state index in [1.165, 1.54) is 11.3 Å². The van der Waals surface area contributed by atoms with Gasteiger partial charge in [-0.1, -0.05) is 0 Å². The van der Waals surface area contributed by atoms with Crippen molar-refractivity contribution in [3.63, 3.8) is 0 Å². The molecule has 0 spiro atoms. The second-order valence-corrected chi connectivity index (χ2v) is 7.23. The van der Waals surface area contributed by atoms with Crippen molar-refractivity contribution in [1.82, 2.24) is 10.2 Å². The van der Waals surface area contributed by atoms with Crippen LogP contribution in [0.4, 0.5) is 0 Å². The first-order valence-electron chi connectivity index (χ1n) is 6.44. The maximum Gasteiger partial charge on any atom is 0.262 e. The lowest BCUT2D eigenvalue weighted by Gasteiger charge is -2.33. The minimum atomic E-state index is -0.534. The zero-order valence-electron chi connectivity index (χ0n) is 11.4. The van der Waals surface area contributed by atoms with Gasteiger partial charge in [-0.15, -0.1) is 11.3 Å². The van der Waals surface area contributed by atoms with Crippen molar-refractivity contribution in [1.29, 1.82) is 0 Å². The number of morpholine rings is 1. The van der Waals surface area contributed by atoms with Crippen molar-refractivity contribution in [3.8, 4) is 0 Å². The molecule has 1 aromatic rings. The minimum absolute atomic E-state index is 0.0452. The number of nitrogens with one attached hydrogen (secondary N) is 1. The zero-order valence-corrected chi connectivity index (χ0v) is 13.8. The molecule has 2 heterocycles. The monoisotopic (exact) mass is 360 g/mol. The summed E-state index contributed by atoms with van der Waals surface area (Å²) in [5.41, 5.74) is 0. The molecule has 2 rings (SSSR count). The highest BCUT2D eigenvalue weighted by Gasteiger charge is 2.26. The number of carbonyl (C=O) groups is 2. The third-order valence-corrected chi connectivity index (χ3v) is 4.69. The van der Waals surface area contributed by atoms with Crippen LogP contribution in [0.2, 0.25) is 0 Å². The molecule has 1 fully saturated rings. The minimum Gasteiger partial charge on any atom is -0.375 e. The Labute approximate surface area is 130 Å². The average Bonchev–Trinajstić information content (AvgIpc) is 2.84. The van der Waals surface area contributed by atoms with E-state index in [4.69, 9.17) is 4.74 Å². The maximum atomic E-state index is 12.3. The SMILES string of the molecule is C[C@H](NC(=O)c1ccc(Br)s1)C(=O)N1CCO[C@@H](C)C1. The van der Waals surface area contributed by atoms with Crippen LogP contribution in [0.15, 0.2) is 15.9 Å². The lowest BCUT2D eigenvalue weighted by Crippen LogP contribution is -2.52. The summed E-state index contributed by atoms with van der Waals surface area (Å²) in [7, 11) is 0. The Kier molecular flexibility index (Phi) is 5.17. The number of ether oxygens (including phenoxy) is 1. The number of thiophene rings is 1. The molecule has 1 aliphatic rings. The highest BCUT2D eigenvalue weighted by Crippen LogP contribution is 2.22. The molecule has 1 aromatic heterocycles. The predicted octanol–water partition coefficient (Wildman–Crippen LogP) is 1.88. The molecule has 0 aliphatic carbocycles. The number of amides is 2. The summed E-state index contributed by atoms with van der Waals surface area (Å²) in [6, 6.07) is 3.02. The van der Waals surface area contributed by atoms with Crippen molar-refractivity contribution in [2.24, 2.45) is 0 Å². The lowest BCUT2D eigenvalue weighted by atomic mass is 10.2. The Morgan fingerprint density at radius 1 is 1.55 bits per heavy atom. The molecule has 0 radical (unpaired) electrons. The van der Waals surface area contributed by atoms with E-state index in [9.17, 15) is 9.59 Å². The van der Waals surface area contributed by atoms with E-state index < -0.39 is 6.04 Å². The molecule has 20 heavy (non-hydrogen) atoms. The van der Waals surface area contributed by atoms with Gasteiger partial charge in [-0.25, -0.2) is 0 Å². The van der Waals surface area contributed by atoms with E-state index in [0.717, 1.165) is 3.79 Å². The van der Waals surface area contributed by atoms with Gasteiger partial charge < -0.3 is 15.0 Å². The van der Waals surface area contributed by atoms with E-state index in [2.05, 4.69) is 21.2 Å². The van der Waals surface area contributed by atoms with Crippen LogP contribution in [0.5, 0.6) is 0 Å². The molecule has 0 unspecified atom stereocenters. The first-order valence-corrected chi connectivity index (χ1v) is 8.05. The average molecular weight is 361 g/mol. The van der Waals surface area contributed by atoms with Crippen LogP contribution >= 0.6 is 27.3 Å². The summed E-state index contributed by atoms with van der Waals surface area (Å²) >= 11 is 4.66. The first kappa shape index (κ1) is 15.5. The third-order valence-electron chi connectivity index (χ3n) is 3.07. The molecular weight excluding hydrogens is 344 g/mol. The topological polar surface area (TPSA) is 58.6 Å². The molecule has 5 nitrogen and oxygen atoms in total. The molecule has 0 saturated carbocycles. The van der Waals surface area contributed by atoms with Gasteiger partial charge in [0.05, 0.1) is 21.4 Å². The summed E-state index contributed by atoms with van der Waals surface area (Å²) in [5.74, 6) is -0.285. The Morgan fingerprint density at radius 3 is 2.90 bits per heavy atom. The Morgan fingerprint density at radius 2 is 2.30 bits per heavy atom. The van der Waals surface area contributed by atoms with Crippen molar-refractivity contribution in [2.75, 3.05) is 19.7 Å². The molecule has 0 aromatic carbocycles. The molecular formula is C13H17BrN2O3S. The molecule has 2 atom stereocenters. The largest absolute Gasteiger partial charge is 0.375 e. The number of rotatable bonds is 3. The van der Waals surface area contributed by atoms with Gasteiger partial charge in [0.1, 0.15) is 6.04 Å². The lowest BCUT2D eigenvalue weighted by molar-refractivity contribution is -0.139. The molecule has 0 bridgehead atoms. The molecule has 1 saturated heterocycles. The van der Waals surface area contributed by atoms with Gasteiger partial charge in [0.2, 0.25) is 5.91 Å². The second-order valence-electron chi connectivity index (χ2n) is 4.76. The quantitative estimate of drug-likeness (QED) is 0.894. The summed E-state index contributed by atoms with van der Waals surface area (Å²) < 4.78 is 6.30. The fraction of sp³-hybridized carbons (Fsp3) is 0.538. The number of halogens is 1. The predicted molar refractivity (Wildman–Crippen MR) is 80.9 cm³/mol. The van der Waals surface area contributed by atoms with E-state index >= 15 is 0 Å². The standard InChI is InChI=1S/C13H17BrN2O3S/c1-8-7-16(5-6-19-8)13(18)9(2)15-12(17)10-3-4-11(14)20-10/h3-4,8-9H,5-7H2,1-2H3,(H,15,17)/t8-,9-/m0/s1. The molecule has 7 heteroatoms. The van der Waals surface area contributed by atoms with Gasteiger partial charge in [0.25, 0.3) is 5.91 Å². The fourth-order valence-electron chi connectivity index (χ4n) is 2.06. The maximum absolute atomic E-state index is 12.3. The Hall–Kier alpha value is -0.920. The second kappa shape index (κ2) is 6.69. The molecule has 1 aliphatic heterocycles. The van der Waals surface area contributed by atoms with E-state index in [-0.39, 0.29) is 17.9 Å². The number of carbonyl (C=O) groups excluding carboxylic acids is 2. The van der Waals surface area contributed by atoms with Crippen LogP contribution in [0.25, 0.3) is 0 Å². The third kappa shape index (κ3) is 3.80. The van der Waals surface area contributed by atoms with Gasteiger partial charge >= 0.3 is 0 Å². The Balaban J connectivity index is 1.92. The zero-order chi connectivity index (χ0) is 14.7. The van der Waals surface area contributed by atoms with Crippen molar-refractivity contribution in [3.05, 3.63) is 20.8 Å². The Bertz CT molecular complexity index is 506. The van der Waals surface area contributed by atoms with Gasteiger partial charge in [-0.2, -0.15) is 0 Å². The van der Waals surface area contributed by atoms with Crippen molar-refractivity contribution >= 4 is 39.1 Å². The normalized spacial score (nSPS) is 20.6. The van der Waals surface area contributed by atoms with E-state index in [1.807, 2.05) is 13.0 Å². The van der Waals surface area contributed by atoms with Crippen molar-refractivity contribution in [2.45, 2.75) is 26.0 Å². The smallest absolute Gasteiger partial charge is 0.262 e. The summed E-state index contributed by atoms with van der Waals surface area (Å²) in [6.45, 7) is 5.35. The van der Waals surface area contributed by atoms with Crippen LogP contribution in [0.1, 0.15) is 23.5 Å². The summed E-state index contributed by atoms with van der Waals surface area (Å²) in [4.78, 5) is 26.6. The van der Waals surface area contributed by atoms with Gasteiger partial charge in [0.15, 0.2) is 0 Å². The number of nitrogens with zero attached hydrogens (tertiary/aromatic N) is 1. The van der Waals surface area contributed by atoms with Gasteiger partial charge in [-0.3, -0.25) is 9.59 Å². The van der Waals surface area contributed by atoms with Crippen molar-refractivity contribution < 1.29 is 14.3 Å². The summed E-state index contributed by atoms with van der Waals surface area (Å²) in [5, 5.41) is 2.74. The van der Waals surface area contributed by atoms with Crippen LogP contribution in [-0.4, -0.2) is 48.6 Å². The molecule has 110 valence electrons. The highest BCUT2D eigenvalue weighted by atomic mass is 79.9. The number of hydrogen-bond acceptors (Lipinski definition) is 4. The first-order chi connectivity index (χ1) is 9.47. The summed E-state index contributed by atoms with van der Waals surface area (Å²) in [6.07, 6.45) is 0.0452. The van der Waals surface area contributed by atoms with Crippen LogP contribution in [0.3, 0.4) is 0 Å².